The predicted molar refractivity (Wildman–Crippen MR) is 77.7 cm³/mol. The Hall–Kier alpha value is 0.312. The van der Waals surface area contributed by atoms with Crippen molar-refractivity contribution in [2.75, 3.05) is 0 Å². The SMILES string of the molecule is CCCC/C=C(\B(CC)CC)[Si](C)(C)Cl. The van der Waals surface area contributed by atoms with E-state index in [2.05, 4.69) is 39.9 Å². The largest absolute Gasteiger partial charge is 0.168 e. The van der Waals surface area contributed by atoms with E-state index in [-0.39, 0.29) is 0 Å². The molecule has 88 valence electrons. The second kappa shape index (κ2) is 7.56. The van der Waals surface area contributed by atoms with Crippen LogP contribution >= 0.6 is 11.1 Å². The van der Waals surface area contributed by atoms with Crippen LogP contribution in [0.15, 0.2) is 11.2 Å². The van der Waals surface area contributed by atoms with Crippen LogP contribution in [0.1, 0.15) is 40.0 Å². The van der Waals surface area contributed by atoms with E-state index in [4.69, 9.17) is 11.1 Å². The van der Waals surface area contributed by atoms with Gasteiger partial charge in [0, 0.05) is 0 Å². The minimum absolute atomic E-state index is 0.723. The average molecular weight is 245 g/mol. The quantitative estimate of drug-likeness (QED) is 0.330. The van der Waals surface area contributed by atoms with Crippen molar-refractivity contribution >= 4 is 25.2 Å². The van der Waals surface area contributed by atoms with Gasteiger partial charge in [-0.15, -0.1) is 5.10 Å². The van der Waals surface area contributed by atoms with Gasteiger partial charge in [0.2, 0.25) is 0 Å². The second-order valence-electron chi connectivity index (χ2n) is 4.79. The molecule has 0 aliphatic carbocycles. The first-order valence-corrected chi connectivity index (χ1v) is 10.4. The van der Waals surface area contributed by atoms with Crippen molar-refractivity contribution < 1.29 is 0 Å². The van der Waals surface area contributed by atoms with E-state index in [1.54, 1.807) is 5.10 Å². The van der Waals surface area contributed by atoms with Gasteiger partial charge in [0.15, 0.2) is 14.1 Å². The van der Waals surface area contributed by atoms with Crippen molar-refractivity contribution in [2.24, 2.45) is 0 Å². The molecule has 0 unspecified atom stereocenters. The Morgan fingerprint density at radius 2 is 1.73 bits per heavy atom. The van der Waals surface area contributed by atoms with Crippen LogP contribution in [0.5, 0.6) is 0 Å². The van der Waals surface area contributed by atoms with E-state index < -0.39 is 7.38 Å². The van der Waals surface area contributed by atoms with E-state index in [1.165, 1.54) is 31.9 Å². The zero-order valence-corrected chi connectivity index (χ0v) is 12.8. The molecule has 0 fully saturated rings. The Morgan fingerprint density at radius 1 is 1.20 bits per heavy atom. The van der Waals surface area contributed by atoms with Gasteiger partial charge in [0.1, 0.15) is 0 Å². The standard InChI is InChI=1S/C12H26BClSi/c1-6-9-10-11-12(15(4,5)14)13(7-2)8-3/h11H,6-10H2,1-5H3/b12-11+. The molecule has 0 N–H and O–H groups in total. The normalized spacial score (nSPS) is 13.1. The van der Waals surface area contributed by atoms with Crippen molar-refractivity contribution in [3.8, 4) is 0 Å². The zero-order valence-electron chi connectivity index (χ0n) is 11.1. The first kappa shape index (κ1) is 15.3. The number of rotatable bonds is 7. The summed E-state index contributed by atoms with van der Waals surface area (Å²) in [6.07, 6.45) is 8.70. The Balaban J connectivity index is 4.64. The van der Waals surface area contributed by atoms with Gasteiger partial charge in [-0.2, -0.15) is 11.1 Å². The monoisotopic (exact) mass is 244 g/mol. The van der Waals surface area contributed by atoms with Crippen LogP contribution in [0.3, 0.4) is 0 Å². The lowest BCUT2D eigenvalue weighted by Crippen LogP contribution is -2.32. The average Bonchev–Trinajstić information content (AvgIpc) is 2.16. The van der Waals surface area contributed by atoms with E-state index in [1.807, 2.05) is 0 Å². The Morgan fingerprint density at radius 3 is 2.07 bits per heavy atom. The second-order valence-corrected chi connectivity index (χ2v) is 11.1. The van der Waals surface area contributed by atoms with Crippen LogP contribution in [0.4, 0.5) is 0 Å². The topological polar surface area (TPSA) is 0 Å². The third kappa shape index (κ3) is 5.82. The molecule has 3 heteroatoms. The van der Waals surface area contributed by atoms with Gasteiger partial charge < -0.3 is 0 Å². The molecular formula is C12H26BClSi. The van der Waals surface area contributed by atoms with Gasteiger partial charge >= 0.3 is 0 Å². The van der Waals surface area contributed by atoms with Crippen LogP contribution in [0, 0.1) is 0 Å². The van der Waals surface area contributed by atoms with Crippen molar-refractivity contribution in [1.82, 2.24) is 0 Å². The molecule has 0 saturated carbocycles. The zero-order chi connectivity index (χ0) is 11.9. The highest BCUT2D eigenvalue weighted by Gasteiger charge is 2.29. The molecule has 0 spiro atoms. The van der Waals surface area contributed by atoms with Crippen LogP contribution < -0.4 is 0 Å². The van der Waals surface area contributed by atoms with Gasteiger partial charge in [0.05, 0.1) is 0 Å². The molecule has 0 heterocycles. The maximum absolute atomic E-state index is 6.60. The number of allylic oxidation sites excluding steroid dienone is 1. The summed E-state index contributed by atoms with van der Waals surface area (Å²) in [5.74, 6) is 0. The summed E-state index contributed by atoms with van der Waals surface area (Å²) >= 11 is 6.60. The van der Waals surface area contributed by atoms with Crippen molar-refractivity contribution in [1.29, 1.82) is 0 Å². The summed E-state index contributed by atoms with van der Waals surface area (Å²) in [4.78, 5) is 0. The molecule has 0 aliphatic rings. The van der Waals surface area contributed by atoms with Crippen molar-refractivity contribution in [2.45, 2.75) is 65.8 Å². The molecule has 0 radical (unpaired) electrons. The summed E-state index contributed by atoms with van der Waals surface area (Å²) in [5, 5.41) is 1.59. The van der Waals surface area contributed by atoms with Gasteiger partial charge in [-0.25, -0.2) is 0 Å². The van der Waals surface area contributed by atoms with Crippen LogP contribution in [0.25, 0.3) is 0 Å². The fraction of sp³-hybridized carbons (Fsp3) is 0.833. The number of hydrogen-bond acceptors (Lipinski definition) is 0. The lowest BCUT2D eigenvalue weighted by atomic mass is 9.45. The summed E-state index contributed by atoms with van der Waals surface area (Å²) in [5.41, 5.74) is 0. The third-order valence-corrected chi connectivity index (χ3v) is 5.67. The molecule has 15 heavy (non-hydrogen) atoms. The van der Waals surface area contributed by atoms with Gasteiger partial charge in [0.25, 0.3) is 0 Å². The van der Waals surface area contributed by atoms with Gasteiger partial charge in [-0.1, -0.05) is 65.4 Å². The Bertz CT molecular complexity index is 192. The lowest BCUT2D eigenvalue weighted by molar-refractivity contribution is 0.814. The Kier molecular flexibility index (Phi) is 7.72. The van der Waals surface area contributed by atoms with Crippen molar-refractivity contribution in [3.05, 3.63) is 11.2 Å². The molecule has 0 rings (SSSR count). The van der Waals surface area contributed by atoms with Crippen LogP contribution in [-0.4, -0.2) is 14.1 Å². The maximum atomic E-state index is 6.60. The Labute approximate surface area is 102 Å². The van der Waals surface area contributed by atoms with Crippen LogP contribution in [0.2, 0.25) is 25.7 Å². The summed E-state index contributed by atoms with van der Waals surface area (Å²) in [7, 11) is -1.61. The molecule has 0 bridgehead atoms. The highest BCUT2D eigenvalue weighted by Crippen LogP contribution is 2.26. The number of unbranched alkanes of at least 4 members (excludes halogenated alkanes) is 2. The summed E-state index contributed by atoms with van der Waals surface area (Å²) in [6, 6.07) is 0. The lowest BCUT2D eigenvalue weighted by Gasteiger charge is -2.24. The molecule has 0 atom stereocenters. The predicted octanol–water partition coefficient (Wildman–Crippen LogP) is 5.16. The van der Waals surface area contributed by atoms with Crippen molar-refractivity contribution in [3.63, 3.8) is 0 Å². The minimum atomic E-state index is -1.61. The van der Waals surface area contributed by atoms with Gasteiger partial charge in [-0.05, 0) is 6.42 Å². The van der Waals surface area contributed by atoms with E-state index in [9.17, 15) is 0 Å². The fourth-order valence-electron chi connectivity index (χ4n) is 2.08. The molecule has 0 amide bonds. The van der Waals surface area contributed by atoms with E-state index >= 15 is 0 Å². The molecular weight excluding hydrogens is 218 g/mol. The molecule has 0 aliphatic heterocycles. The molecule has 0 aromatic heterocycles. The number of hydrogen-bond donors (Lipinski definition) is 0. The molecule has 0 nitrogen and oxygen atoms in total. The van der Waals surface area contributed by atoms with Gasteiger partial charge in [-0.3, -0.25) is 0 Å². The molecule has 0 aromatic rings. The molecule has 0 saturated heterocycles. The third-order valence-electron chi connectivity index (χ3n) is 3.03. The first-order chi connectivity index (χ1) is 6.97. The highest BCUT2D eigenvalue weighted by molar-refractivity contribution is 7.27. The minimum Gasteiger partial charge on any atom is -0.163 e. The molecule has 0 aromatic carbocycles. The fourth-order valence-corrected chi connectivity index (χ4v) is 4.79. The summed E-state index contributed by atoms with van der Waals surface area (Å²) < 4.78 is 0. The maximum Gasteiger partial charge on any atom is 0.168 e. The number of halogens is 1. The highest BCUT2D eigenvalue weighted by atomic mass is 35.6. The van der Waals surface area contributed by atoms with Crippen LogP contribution in [-0.2, 0) is 0 Å². The smallest absolute Gasteiger partial charge is 0.163 e. The summed E-state index contributed by atoms with van der Waals surface area (Å²) in [6.45, 7) is 12.0. The first-order valence-electron chi connectivity index (χ1n) is 6.36. The van der Waals surface area contributed by atoms with E-state index in [0.717, 1.165) is 6.71 Å². The van der Waals surface area contributed by atoms with E-state index in [0.29, 0.717) is 0 Å².